The molecule has 3 nitrogen and oxygen atoms in total. The molecule has 0 unspecified atom stereocenters. The number of carbonyl (C=O) groups is 1. The van der Waals surface area contributed by atoms with E-state index in [0.29, 0.717) is 13.0 Å². The normalized spacial score (nSPS) is 11.2. The number of hydrogen-bond acceptors (Lipinski definition) is 2. The van der Waals surface area contributed by atoms with Crippen molar-refractivity contribution < 1.29 is 9.90 Å². The lowest BCUT2D eigenvalue weighted by Crippen LogP contribution is -2.14. The Morgan fingerprint density at radius 2 is 1.57 bits per heavy atom. The van der Waals surface area contributed by atoms with Gasteiger partial charge in [-0.05, 0) is 31.0 Å². The number of rotatable bonds is 4. The topological polar surface area (TPSA) is 63.3 Å². The van der Waals surface area contributed by atoms with Crippen LogP contribution in [0.3, 0.4) is 0 Å². The summed E-state index contributed by atoms with van der Waals surface area (Å²) in [4.78, 5) is 10.0. The molecule has 0 heterocycles. The van der Waals surface area contributed by atoms with Crippen molar-refractivity contribution in [3.63, 3.8) is 0 Å². The molecule has 0 bridgehead atoms. The molecule has 0 aromatic heterocycles. The molecule has 0 radical (unpaired) electrons. The fourth-order valence-electron chi connectivity index (χ4n) is 1.75. The molecular formula is C18H23NO2. The first kappa shape index (κ1) is 16.9. The maximum Gasteiger partial charge on any atom is 0.306 e. The zero-order chi connectivity index (χ0) is 15.7. The van der Waals surface area contributed by atoms with Crippen molar-refractivity contribution in [1.29, 1.82) is 0 Å². The van der Waals surface area contributed by atoms with Crippen LogP contribution in [-0.4, -0.2) is 17.6 Å². The van der Waals surface area contributed by atoms with E-state index in [-0.39, 0.29) is 5.92 Å². The van der Waals surface area contributed by atoms with E-state index in [4.69, 9.17) is 10.8 Å². The second-order valence-corrected chi connectivity index (χ2v) is 5.05. The van der Waals surface area contributed by atoms with Crippen LogP contribution in [0.4, 0.5) is 0 Å². The molecule has 0 saturated heterocycles. The van der Waals surface area contributed by atoms with Gasteiger partial charge in [-0.15, -0.1) is 0 Å². The minimum Gasteiger partial charge on any atom is -0.481 e. The van der Waals surface area contributed by atoms with Crippen molar-refractivity contribution in [2.24, 2.45) is 11.7 Å². The van der Waals surface area contributed by atoms with E-state index in [1.165, 1.54) is 16.7 Å². The first-order valence-electron chi connectivity index (χ1n) is 7.09. The number of benzene rings is 2. The fourth-order valence-corrected chi connectivity index (χ4v) is 1.75. The molecule has 0 amide bonds. The molecule has 0 aliphatic carbocycles. The Morgan fingerprint density at radius 3 is 2.00 bits per heavy atom. The summed E-state index contributed by atoms with van der Waals surface area (Å²) in [6, 6.07) is 19.0. The molecule has 0 spiro atoms. The van der Waals surface area contributed by atoms with Gasteiger partial charge >= 0.3 is 5.97 Å². The van der Waals surface area contributed by atoms with Gasteiger partial charge in [0.05, 0.1) is 5.92 Å². The smallest absolute Gasteiger partial charge is 0.306 e. The SMILES string of the molecule is C[C@H](CCN)C(=O)O.Cc1ccc(-c2ccccc2)cc1. The Bertz CT molecular complexity index is 535. The number of carboxylic acids is 1. The molecule has 0 aliphatic heterocycles. The highest BCUT2D eigenvalue weighted by atomic mass is 16.4. The third-order valence-corrected chi connectivity index (χ3v) is 3.18. The molecule has 2 aromatic carbocycles. The molecule has 1 atom stereocenters. The molecule has 0 aliphatic rings. The number of carboxylic acid groups (broad SMARTS) is 1. The third-order valence-electron chi connectivity index (χ3n) is 3.18. The van der Waals surface area contributed by atoms with Gasteiger partial charge in [-0.1, -0.05) is 67.1 Å². The third kappa shape index (κ3) is 6.23. The summed E-state index contributed by atoms with van der Waals surface area (Å²) in [5.41, 5.74) is 8.97. The molecule has 3 heteroatoms. The highest BCUT2D eigenvalue weighted by Gasteiger charge is 2.07. The average molecular weight is 285 g/mol. The minimum absolute atomic E-state index is 0.292. The van der Waals surface area contributed by atoms with Crippen molar-refractivity contribution >= 4 is 5.97 Å². The number of nitrogens with two attached hydrogens (primary N) is 1. The molecule has 3 N–H and O–H groups in total. The molecule has 21 heavy (non-hydrogen) atoms. The first-order chi connectivity index (χ1) is 10.0. The van der Waals surface area contributed by atoms with Gasteiger partial charge in [0.1, 0.15) is 0 Å². The van der Waals surface area contributed by atoms with Gasteiger partial charge in [0, 0.05) is 0 Å². The predicted octanol–water partition coefficient (Wildman–Crippen LogP) is 3.72. The van der Waals surface area contributed by atoms with Crippen LogP contribution in [0, 0.1) is 12.8 Å². The Labute approximate surface area is 126 Å². The van der Waals surface area contributed by atoms with Gasteiger partial charge in [0.25, 0.3) is 0 Å². The lowest BCUT2D eigenvalue weighted by Gasteiger charge is -2.00. The van der Waals surface area contributed by atoms with E-state index >= 15 is 0 Å². The maximum atomic E-state index is 10.0. The summed E-state index contributed by atoms with van der Waals surface area (Å²) >= 11 is 0. The Morgan fingerprint density at radius 1 is 1.05 bits per heavy atom. The van der Waals surface area contributed by atoms with Gasteiger partial charge in [-0.2, -0.15) is 0 Å². The second kappa shape index (κ2) is 8.93. The van der Waals surface area contributed by atoms with Gasteiger partial charge < -0.3 is 10.8 Å². The summed E-state index contributed by atoms with van der Waals surface area (Å²) in [5.74, 6) is -1.06. The van der Waals surface area contributed by atoms with Crippen molar-refractivity contribution in [1.82, 2.24) is 0 Å². The lowest BCUT2D eigenvalue weighted by atomic mass is 10.0. The Balaban J connectivity index is 0.000000240. The van der Waals surface area contributed by atoms with Crippen LogP contribution >= 0.6 is 0 Å². The standard InChI is InChI=1S/C13H12.C5H11NO2/c1-11-7-9-13(10-8-11)12-5-3-2-4-6-12;1-4(2-3-6)5(7)8/h2-10H,1H3;4H,2-3,6H2,1H3,(H,7,8)/t;4-/m.1/s1. The Hall–Kier alpha value is -2.13. The Kier molecular flexibility index (Phi) is 7.19. The van der Waals surface area contributed by atoms with E-state index in [2.05, 4.69) is 55.5 Å². The van der Waals surface area contributed by atoms with Crippen molar-refractivity contribution in [2.75, 3.05) is 6.54 Å². The quantitative estimate of drug-likeness (QED) is 0.900. The van der Waals surface area contributed by atoms with Crippen LogP contribution in [-0.2, 0) is 4.79 Å². The zero-order valence-electron chi connectivity index (χ0n) is 12.6. The van der Waals surface area contributed by atoms with E-state index in [1.807, 2.05) is 6.07 Å². The highest BCUT2D eigenvalue weighted by Crippen LogP contribution is 2.18. The van der Waals surface area contributed by atoms with Crippen LogP contribution < -0.4 is 5.73 Å². The van der Waals surface area contributed by atoms with Gasteiger partial charge in [0.15, 0.2) is 0 Å². The number of hydrogen-bond donors (Lipinski definition) is 2. The van der Waals surface area contributed by atoms with E-state index in [9.17, 15) is 4.79 Å². The molecule has 112 valence electrons. The van der Waals surface area contributed by atoms with E-state index in [1.54, 1.807) is 6.92 Å². The van der Waals surface area contributed by atoms with Gasteiger partial charge in [-0.3, -0.25) is 4.79 Å². The lowest BCUT2D eigenvalue weighted by molar-refractivity contribution is -0.141. The molecular weight excluding hydrogens is 262 g/mol. The van der Waals surface area contributed by atoms with Crippen molar-refractivity contribution in [3.05, 3.63) is 60.2 Å². The van der Waals surface area contributed by atoms with Crippen molar-refractivity contribution in [2.45, 2.75) is 20.3 Å². The van der Waals surface area contributed by atoms with E-state index < -0.39 is 5.97 Å². The monoisotopic (exact) mass is 285 g/mol. The van der Waals surface area contributed by atoms with Gasteiger partial charge in [0.2, 0.25) is 0 Å². The first-order valence-corrected chi connectivity index (χ1v) is 7.09. The van der Waals surface area contributed by atoms with E-state index in [0.717, 1.165) is 0 Å². The number of aliphatic carboxylic acids is 1. The summed E-state index contributed by atoms with van der Waals surface area (Å²) in [5, 5.41) is 8.26. The van der Waals surface area contributed by atoms with Crippen molar-refractivity contribution in [3.8, 4) is 11.1 Å². The van der Waals surface area contributed by atoms with Crippen LogP contribution in [0.5, 0.6) is 0 Å². The fraction of sp³-hybridized carbons (Fsp3) is 0.278. The second-order valence-electron chi connectivity index (χ2n) is 5.05. The summed E-state index contributed by atoms with van der Waals surface area (Å²) < 4.78 is 0. The zero-order valence-corrected chi connectivity index (χ0v) is 12.6. The van der Waals surface area contributed by atoms with Crippen LogP contribution in [0.15, 0.2) is 54.6 Å². The highest BCUT2D eigenvalue weighted by molar-refractivity contribution is 5.69. The summed E-state index contributed by atoms with van der Waals surface area (Å²) in [6.45, 7) is 4.21. The maximum absolute atomic E-state index is 10.0. The minimum atomic E-state index is -0.768. The molecule has 2 rings (SSSR count). The summed E-state index contributed by atoms with van der Waals surface area (Å²) in [7, 11) is 0. The number of aryl methyl sites for hydroxylation is 1. The molecule has 2 aromatic rings. The largest absolute Gasteiger partial charge is 0.481 e. The van der Waals surface area contributed by atoms with Crippen LogP contribution in [0.2, 0.25) is 0 Å². The predicted molar refractivity (Wildman–Crippen MR) is 87.1 cm³/mol. The van der Waals surface area contributed by atoms with Crippen LogP contribution in [0.1, 0.15) is 18.9 Å². The molecule has 0 fully saturated rings. The summed E-state index contributed by atoms with van der Waals surface area (Å²) in [6.07, 6.45) is 0.565. The van der Waals surface area contributed by atoms with Crippen LogP contribution in [0.25, 0.3) is 11.1 Å². The molecule has 0 saturated carbocycles. The van der Waals surface area contributed by atoms with Gasteiger partial charge in [-0.25, -0.2) is 0 Å². The average Bonchev–Trinajstić information content (AvgIpc) is 2.50.